The number of carbonyl (C=O) groups excluding carboxylic acids is 2. The summed E-state index contributed by atoms with van der Waals surface area (Å²) in [4.78, 5) is 30.0. The summed E-state index contributed by atoms with van der Waals surface area (Å²) in [7, 11) is 0. The Labute approximate surface area is 129 Å². The van der Waals surface area contributed by atoms with Gasteiger partial charge in [-0.25, -0.2) is 0 Å². The topological polar surface area (TPSA) is 62.3 Å². The third-order valence-corrected chi connectivity index (χ3v) is 3.75. The number of nitrogens with one attached hydrogen (secondary N) is 1. The normalized spacial score (nSPS) is 13.4. The molecule has 0 saturated carbocycles. The molecular formula is C17H17N3O2. The van der Waals surface area contributed by atoms with Crippen LogP contribution in [0, 0.1) is 0 Å². The van der Waals surface area contributed by atoms with Crippen molar-refractivity contribution in [2.45, 2.75) is 12.8 Å². The van der Waals surface area contributed by atoms with Crippen molar-refractivity contribution in [1.82, 2.24) is 10.3 Å². The molecule has 22 heavy (non-hydrogen) atoms. The van der Waals surface area contributed by atoms with Crippen LogP contribution in [0.3, 0.4) is 0 Å². The Hall–Kier alpha value is -2.69. The van der Waals surface area contributed by atoms with Crippen molar-refractivity contribution < 1.29 is 9.59 Å². The SMILES string of the molecule is O=C(NCC(=O)N1CCCc2ccccc21)c1ccncc1. The number of fused-ring (bicyclic) bond motifs is 1. The highest BCUT2D eigenvalue weighted by molar-refractivity contribution is 6.00. The van der Waals surface area contributed by atoms with Crippen molar-refractivity contribution in [2.75, 3.05) is 18.0 Å². The van der Waals surface area contributed by atoms with Gasteiger partial charge in [-0.3, -0.25) is 14.6 Å². The lowest BCUT2D eigenvalue weighted by Gasteiger charge is -2.29. The number of benzene rings is 1. The van der Waals surface area contributed by atoms with Crippen molar-refractivity contribution in [3.05, 3.63) is 59.9 Å². The molecule has 0 radical (unpaired) electrons. The van der Waals surface area contributed by atoms with Crippen molar-refractivity contribution in [3.63, 3.8) is 0 Å². The molecular weight excluding hydrogens is 278 g/mol. The maximum absolute atomic E-state index is 12.4. The van der Waals surface area contributed by atoms with Gasteiger partial charge in [0.1, 0.15) is 0 Å². The van der Waals surface area contributed by atoms with Crippen LogP contribution in [0.1, 0.15) is 22.3 Å². The van der Waals surface area contributed by atoms with Crippen LogP contribution in [0.4, 0.5) is 5.69 Å². The van der Waals surface area contributed by atoms with E-state index in [0.29, 0.717) is 12.1 Å². The molecule has 1 N–H and O–H groups in total. The van der Waals surface area contributed by atoms with E-state index < -0.39 is 0 Å². The highest BCUT2D eigenvalue weighted by atomic mass is 16.2. The fourth-order valence-electron chi connectivity index (χ4n) is 2.65. The van der Waals surface area contributed by atoms with Gasteiger partial charge in [0.2, 0.25) is 5.91 Å². The van der Waals surface area contributed by atoms with Gasteiger partial charge in [0.25, 0.3) is 5.91 Å². The van der Waals surface area contributed by atoms with Gasteiger partial charge in [-0.05, 0) is 36.6 Å². The summed E-state index contributed by atoms with van der Waals surface area (Å²) in [5, 5.41) is 2.67. The molecule has 1 aliphatic rings. The molecule has 1 aromatic carbocycles. The first kappa shape index (κ1) is 14.3. The lowest BCUT2D eigenvalue weighted by atomic mass is 10.0. The fourth-order valence-corrected chi connectivity index (χ4v) is 2.65. The second-order valence-corrected chi connectivity index (χ2v) is 5.20. The molecule has 0 unspecified atom stereocenters. The van der Waals surface area contributed by atoms with Crippen LogP contribution < -0.4 is 10.2 Å². The molecule has 0 atom stereocenters. The summed E-state index contributed by atoms with van der Waals surface area (Å²) in [6.45, 7) is 0.691. The van der Waals surface area contributed by atoms with Gasteiger partial charge in [-0.15, -0.1) is 0 Å². The molecule has 0 bridgehead atoms. The van der Waals surface area contributed by atoms with E-state index >= 15 is 0 Å². The maximum atomic E-state index is 12.4. The van der Waals surface area contributed by atoms with E-state index in [2.05, 4.69) is 10.3 Å². The number of aryl methyl sites for hydroxylation is 1. The third kappa shape index (κ3) is 2.98. The number of nitrogens with zero attached hydrogens (tertiary/aromatic N) is 2. The highest BCUT2D eigenvalue weighted by Gasteiger charge is 2.22. The molecule has 1 aliphatic heterocycles. The first-order chi connectivity index (χ1) is 10.8. The Kier molecular flexibility index (Phi) is 4.14. The van der Waals surface area contributed by atoms with Gasteiger partial charge in [0, 0.05) is 30.2 Å². The van der Waals surface area contributed by atoms with Crippen LogP contribution in [-0.2, 0) is 11.2 Å². The van der Waals surface area contributed by atoms with E-state index in [9.17, 15) is 9.59 Å². The first-order valence-corrected chi connectivity index (χ1v) is 7.32. The number of pyridine rings is 1. The zero-order chi connectivity index (χ0) is 15.4. The van der Waals surface area contributed by atoms with E-state index in [0.717, 1.165) is 18.5 Å². The van der Waals surface area contributed by atoms with Crippen LogP contribution in [-0.4, -0.2) is 29.9 Å². The lowest BCUT2D eigenvalue weighted by Crippen LogP contribution is -2.42. The van der Waals surface area contributed by atoms with Crippen molar-refractivity contribution in [1.29, 1.82) is 0 Å². The van der Waals surface area contributed by atoms with E-state index in [4.69, 9.17) is 0 Å². The zero-order valence-electron chi connectivity index (χ0n) is 12.2. The van der Waals surface area contributed by atoms with Gasteiger partial charge in [-0.1, -0.05) is 18.2 Å². The summed E-state index contributed by atoms with van der Waals surface area (Å²) in [5.74, 6) is -0.351. The van der Waals surface area contributed by atoms with Crippen LogP contribution in [0.25, 0.3) is 0 Å². The second kappa shape index (κ2) is 6.39. The standard InChI is InChI=1S/C17H17N3O2/c21-16(12-19-17(22)14-7-9-18-10-8-14)20-11-3-5-13-4-1-2-6-15(13)20/h1-2,4,6-10H,3,5,11-12H2,(H,19,22). The number of rotatable bonds is 3. The monoisotopic (exact) mass is 295 g/mol. The molecule has 112 valence electrons. The molecule has 5 nitrogen and oxygen atoms in total. The van der Waals surface area contributed by atoms with Crippen molar-refractivity contribution in [3.8, 4) is 0 Å². The quantitative estimate of drug-likeness (QED) is 0.939. The lowest BCUT2D eigenvalue weighted by molar-refractivity contribution is -0.117. The number of para-hydroxylation sites is 1. The molecule has 0 spiro atoms. The number of amides is 2. The summed E-state index contributed by atoms with van der Waals surface area (Å²) in [6, 6.07) is 11.2. The number of carbonyl (C=O) groups is 2. The molecule has 2 aromatic rings. The minimum Gasteiger partial charge on any atom is -0.343 e. The Morgan fingerprint density at radius 1 is 1.14 bits per heavy atom. The molecule has 0 saturated heterocycles. The highest BCUT2D eigenvalue weighted by Crippen LogP contribution is 2.26. The number of aromatic nitrogens is 1. The maximum Gasteiger partial charge on any atom is 0.251 e. The third-order valence-electron chi connectivity index (χ3n) is 3.75. The smallest absolute Gasteiger partial charge is 0.251 e. The van der Waals surface area contributed by atoms with Gasteiger partial charge in [-0.2, -0.15) is 0 Å². The van der Waals surface area contributed by atoms with Crippen molar-refractivity contribution in [2.24, 2.45) is 0 Å². The zero-order valence-corrected chi connectivity index (χ0v) is 12.2. The Morgan fingerprint density at radius 2 is 1.91 bits per heavy atom. The van der Waals surface area contributed by atoms with E-state index in [-0.39, 0.29) is 18.4 Å². The Balaban J connectivity index is 1.65. The number of hydrogen-bond donors (Lipinski definition) is 1. The molecule has 1 aromatic heterocycles. The predicted octanol–water partition coefficient (Wildman–Crippen LogP) is 1.79. The summed E-state index contributed by atoms with van der Waals surface area (Å²) < 4.78 is 0. The molecule has 2 amide bonds. The summed E-state index contributed by atoms with van der Waals surface area (Å²) in [6.07, 6.45) is 5.04. The Morgan fingerprint density at radius 3 is 2.73 bits per heavy atom. The number of hydrogen-bond acceptors (Lipinski definition) is 3. The van der Waals surface area contributed by atoms with Gasteiger partial charge >= 0.3 is 0 Å². The molecule has 3 rings (SSSR count). The fraction of sp³-hybridized carbons (Fsp3) is 0.235. The van der Waals surface area contributed by atoms with Crippen LogP contribution in [0.5, 0.6) is 0 Å². The van der Waals surface area contributed by atoms with Gasteiger partial charge < -0.3 is 10.2 Å². The largest absolute Gasteiger partial charge is 0.343 e. The van der Waals surface area contributed by atoms with Crippen LogP contribution in [0.15, 0.2) is 48.8 Å². The first-order valence-electron chi connectivity index (χ1n) is 7.32. The minimum absolute atomic E-state index is 0.00447. The minimum atomic E-state index is -0.263. The Bertz CT molecular complexity index is 685. The average molecular weight is 295 g/mol. The molecule has 0 fully saturated rings. The van der Waals surface area contributed by atoms with E-state index in [1.807, 2.05) is 24.3 Å². The average Bonchev–Trinajstić information content (AvgIpc) is 2.59. The van der Waals surface area contributed by atoms with Crippen molar-refractivity contribution >= 4 is 17.5 Å². The predicted molar refractivity (Wildman–Crippen MR) is 83.7 cm³/mol. The number of anilines is 1. The van der Waals surface area contributed by atoms with Gasteiger partial charge in [0.05, 0.1) is 6.54 Å². The summed E-state index contributed by atoms with van der Waals surface area (Å²) >= 11 is 0. The van der Waals surface area contributed by atoms with E-state index in [1.165, 1.54) is 5.56 Å². The van der Waals surface area contributed by atoms with Gasteiger partial charge in [0.15, 0.2) is 0 Å². The van der Waals surface area contributed by atoms with Crippen LogP contribution >= 0.6 is 0 Å². The van der Waals surface area contributed by atoms with Crippen LogP contribution in [0.2, 0.25) is 0 Å². The van der Waals surface area contributed by atoms with E-state index in [1.54, 1.807) is 29.4 Å². The molecule has 5 heteroatoms. The molecule has 0 aliphatic carbocycles. The second-order valence-electron chi connectivity index (χ2n) is 5.20. The summed E-state index contributed by atoms with van der Waals surface area (Å²) in [5.41, 5.74) is 2.64. The molecule has 2 heterocycles.